The third-order valence-corrected chi connectivity index (χ3v) is 3.28. The second-order valence-corrected chi connectivity index (χ2v) is 4.43. The molecular weight excluding hydrogens is 249 g/mol. The van der Waals surface area contributed by atoms with Crippen LogP contribution in [-0.2, 0) is 0 Å². The Labute approximate surface area is 110 Å². The number of nitro benzene ring substituents is 1. The first-order chi connectivity index (χ1) is 9.13. The summed E-state index contributed by atoms with van der Waals surface area (Å²) in [5, 5.41) is 14.0. The van der Waals surface area contributed by atoms with Gasteiger partial charge in [-0.05, 0) is 11.6 Å². The zero-order valence-electron chi connectivity index (χ0n) is 10.5. The summed E-state index contributed by atoms with van der Waals surface area (Å²) >= 11 is 0. The third kappa shape index (κ3) is 2.97. The predicted octanol–water partition coefficient (Wildman–Crippen LogP) is 1.87. The Hall–Kier alpha value is -1.79. The molecule has 1 atom stereocenters. The van der Waals surface area contributed by atoms with Crippen LogP contribution in [0.15, 0.2) is 30.9 Å². The molecule has 19 heavy (non-hydrogen) atoms. The molecule has 1 aliphatic rings. The summed E-state index contributed by atoms with van der Waals surface area (Å²) in [6.45, 7) is 7.19. The van der Waals surface area contributed by atoms with Gasteiger partial charge in [-0.15, -0.1) is 6.58 Å². The number of nitro groups is 1. The van der Waals surface area contributed by atoms with Crippen molar-refractivity contribution in [3.8, 4) is 0 Å². The van der Waals surface area contributed by atoms with Gasteiger partial charge >= 0.3 is 5.69 Å². The molecule has 102 valence electrons. The monoisotopic (exact) mass is 265 g/mol. The highest BCUT2D eigenvalue weighted by Gasteiger charge is 2.22. The van der Waals surface area contributed by atoms with Crippen LogP contribution in [0.2, 0.25) is 0 Å². The van der Waals surface area contributed by atoms with Crippen LogP contribution in [0.4, 0.5) is 10.1 Å². The first-order valence-electron chi connectivity index (χ1n) is 6.14. The fraction of sp³-hybridized carbons (Fsp3) is 0.385. The van der Waals surface area contributed by atoms with Gasteiger partial charge in [-0.1, -0.05) is 12.1 Å². The van der Waals surface area contributed by atoms with E-state index in [9.17, 15) is 14.5 Å². The lowest BCUT2D eigenvalue weighted by molar-refractivity contribution is -0.387. The van der Waals surface area contributed by atoms with Crippen molar-refractivity contribution in [3.05, 3.63) is 52.3 Å². The average Bonchev–Trinajstić information content (AvgIpc) is 2.42. The minimum Gasteiger partial charge on any atom is -0.314 e. The van der Waals surface area contributed by atoms with Crippen LogP contribution in [0, 0.1) is 15.9 Å². The minimum absolute atomic E-state index is 0.124. The molecule has 0 aromatic heterocycles. The Kier molecular flexibility index (Phi) is 4.24. The van der Waals surface area contributed by atoms with Crippen LogP contribution in [0.3, 0.4) is 0 Å². The summed E-state index contributed by atoms with van der Waals surface area (Å²) in [4.78, 5) is 12.2. The number of nitrogens with zero attached hydrogens (tertiary/aromatic N) is 2. The predicted molar refractivity (Wildman–Crippen MR) is 70.4 cm³/mol. The van der Waals surface area contributed by atoms with Crippen molar-refractivity contribution in [1.82, 2.24) is 10.2 Å². The number of piperazine rings is 1. The second-order valence-electron chi connectivity index (χ2n) is 4.43. The van der Waals surface area contributed by atoms with Gasteiger partial charge in [0.15, 0.2) is 0 Å². The number of rotatable bonds is 4. The molecule has 0 aliphatic carbocycles. The van der Waals surface area contributed by atoms with E-state index < -0.39 is 16.4 Å². The molecule has 1 aromatic rings. The molecule has 0 unspecified atom stereocenters. The number of halogens is 1. The van der Waals surface area contributed by atoms with Gasteiger partial charge in [-0.25, -0.2) is 0 Å². The standard InChI is InChI=1S/C13H16FN3O2/c1-2-12(16-7-5-15-6-8-16)10-3-4-11(14)13(9-10)17(18)19/h2-4,9,12,15H,1,5-8H2/t12-/m1/s1. The second kappa shape index (κ2) is 5.90. The molecule has 0 saturated carbocycles. The highest BCUT2D eigenvalue weighted by atomic mass is 19.1. The fourth-order valence-electron chi connectivity index (χ4n) is 2.31. The molecule has 1 heterocycles. The van der Waals surface area contributed by atoms with Crippen LogP contribution in [0.5, 0.6) is 0 Å². The number of benzene rings is 1. The van der Waals surface area contributed by atoms with Crippen molar-refractivity contribution in [3.63, 3.8) is 0 Å². The molecule has 5 nitrogen and oxygen atoms in total. The maximum absolute atomic E-state index is 13.3. The Morgan fingerprint density at radius 2 is 2.16 bits per heavy atom. The molecule has 1 fully saturated rings. The van der Waals surface area contributed by atoms with E-state index >= 15 is 0 Å². The highest BCUT2D eigenvalue weighted by molar-refractivity contribution is 5.38. The van der Waals surface area contributed by atoms with E-state index in [0.717, 1.165) is 32.2 Å². The molecule has 0 radical (unpaired) electrons. The Bertz CT molecular complexity index is 487. The molecule has 0 amide bonds. The highest BCUT2D eigenvalue weighted by Crippen LogP contribution is 2.27. The van der Waals surface area contributed by atoms with Gasteiger partial charge in [0.25, 0.3) is 0 Å². The molecule has 1 aliphatic heterocycles. The van der Waals surface area contributed by atoms with Crippen LogP contribution in [0.25, 0.3) is 0 Å². The fourth-order valence-corrected chi connectivity index (χ4v) is 2.31. The van der Waals surface area contributed by atoms with Gasteiger partial charge < -0.3 is 5.32 Å². The van der Waals surface area contributed by atoms with E-state index in [2.05, 4.69) is 16.8 Å². The van der Waals surface area contributed by atoms with E-state index in [1.807, 2.05) is 0 Å². The zero-order valence-corrected chi connectivity index (χ0v) is 10.5. The molecule has 1 saturated heterocycles. The Morgan fingerprint density at radius 1 is 1.47 bits per heavy atom. The first-order valence-corrected chi connectivity index (χ1v) is 6.14. The largest absolute Gasteiger partial charge is 0.314 e. The molecule has 0 spiro atoms. The number of nitrogens with one attached hydrogen (secondary N) is 1. The maximum atomic E-state index is 13.3. The summed E-state index contributed by atoms with van der Waals surface area (Å²) < 4.78 is 13.3. The molecule has 0 bridgehead atoms. The zero-order chi connectivity index (χ0) is 13.8. The van der Waals surface area contributed by atoms with Crippen LogP contribution in [0.1, 0.15) is 11.6 Å². The summed E-state index contributed by atoms with van der Waals surface area (Å²) in [6.07, 6.45) is 1.74. The topological polar surface area (TPSA) is 58.4 Å². The van der Waals surface area contributed by atoms with Crippen molar-refractivity contribution >= 4 is 5.69 Å². The van der Waals surface area contributed by atoms with Crippen LogP contribution in [-0.4, -0.2) is 36.0 Å². The van der Waals surface area contributed by atoms with E-state index in [0.29, 0.717) is 5.56 Å². The van der Waals surface area contributed by atoms with E-state index in [1.165, 1.54) is 6.07 Å². The lowest BCUT2D eigenvalue weighted by Gasteiger charge is -2.33. The normalized spacial score (nSPS) is 17.9. The van der Waals surface area contributed by atoms with Gasteiger partial charge in [0, 0.05) is 32.2 Å². The summed E-state index contributed by atoms with van der Waals surface area (Å²) in [5.74, 6) is -0.808. The van der Waals surface area contributed by atoms with Crippen molar-refractivity contribution in [2.45, 2.75) is 6.04 Å². The number of hydrogen-bond donors (Lipinski definition) is 1. The average molecular weight is 265 g/mol. The van der Waals surface area contributed by atoms with Gasteiger partial charge in [0.1, 0.15) is 0 Å². The van der Waals surface area contributed by atoms with Gasteiger partial charge in [-0.2, -0.15) is 4.39 Å². The van der Waals surface area contributed by atoms with Gasteiger partial charge in [0.05, 0.1) is 11.0 Å². The van der Waals surface area contributed by atoms with E-state index in [-0.39, 0.29) is 6.04 Å². The molecule has 1 N–H and O–H groups in total. The minimum atomic E-state index is -0.808. The van der Waals surface area contributed by atoms with Crippen LogP contribution < -0.4 is 5.32 Å². The number of hydrogen-bond acceptors (Lipinski definition) is 4. The Morgan fingerprint density at radius 3 is 2.74 bits per heavy atom. The smallest absolute Gasteiger partial charge is 0.305 e. The first kappa shape index (κ1) is 13.6. The quantitative estimate of drug-likeness (QED) is 0.513. The third-order valence-electron chi connectivity index (χ3n) is 3.28. The SMILES string of the molecule is C=C[C@H](c1ccc(F)c([N+](=O)[O-])c1)N1CCNCC1. The lowest BCUT2D eigenvalue weighted by Crippen LogP contribution is -2.44. The molecular formula is C13H16FN3O2. The maximum Gasteiger partial charge on any atom is 0.305 e. The van der Waals surface area contributed by atoms with Crippen molar-refractivity contribution in [1.29, 1.82) is 0 Å². The van der Waals surface area contributed by atoms with E-state index in [1.54, 1.807) is 12.1 Å². The molecule has 2 rings (SSSR count). The van der Waals surface area contributed by atoms with Crippen molar-refractivity contribution < 1.29 is 9.31 Å². The van der Waals surface area contributed by atoms with E-state index in [4.69, 9.17) is 0 Å². The van der Waals surface area contributed by atoms with Crippen LogP contribution >= 0.6 is 0 Å². The molecule has 6 heteroatoms. The van der Waals surface area contributed by atoms with Crippen molar-refractivity contribution in [2.75, 3.05) is 26.2 Å². The summed E-state index contributed by atoms with van der Waals surface area (Å²) in [7, 11) is 0. The summed E-state index contributed by atoms with van der Waals surface area (Å²) in [5.41, 5.74) is 0.212. The van der Waals surface area contributed by atoms with Crippen molar-refractivity contribution in [2.24, 2.45) is 0 Å². The summed E-state index contributed by atoms with van der Waals surface area (Å²) in [6, 6.07) is 3.90. The van der Waals surface area contributed by atoms with Gasteiger partial charge in [-0.3, -0.25) is 15.0 Å². The lowest BCUT2D eigenvalue weighted by atomic mass is 10.0. The molecule has 1 aromatic carbocycles. The van der Waals surface area contributed by atoms with Gasteiger partial charge in [0.2, 0.25) is 5.82 Å². The Balaban J connectivity index is 2.29.